The summed E-state index contributed by atoms with van der Waals surface area (Å²) in [6, 6.07) is 21.8. The first-order chi connectivity index (χ1) is 19.1. The molecular formula is C31H38FN3O4S. The van der Waals surface area contributed by atoms with Crippen LogP contribution in [0.5, 0.6) is 0 Å². The Morgan fingerprint density at radius 2 is 1.50 bits per heavy atom. The molecule has 0 saturated heterocycles. The third kappa shape index (κ3) is 8.91. The highest BCUT2D eigenvalue weighted by atomic mass is 32.2. The summed E-state index contributed by atoms with van der Waals surface area (Å²) < 4.78 is 40.0. The zero-order valence-corrected chi connectivity index (χ0v) is 24.2. The molecule has 0 aliphatic heterocycles. The number of amides is 2. The number of rotatable bonds is 14. The quantitative estimate of drug-likeness (QED) is 0.306. The van der Waals surface area contributed by atoms with Crippen LogP contribution < -0.4 is 9.62 Å². The van der Waals surface area contributed by atoms with Crippen molar-refractivity contribution in [2.45, 2.75) is 52.1 Å². The van der Waals surface area contributed by atoms with Gasteiger partial charge >= 0.3 is 0 Å². The van der Waals surface area contributed by atoms with Gasteiger partial charge in [-0.25, -0.2) is 12.8 Å². The molecule has 1 unspecified atom stereocenters. The fraction of sp³-hybridized carbons (Fsp3) is 0.355. The molecule has 0 heterocycles. The molecule has 0 bridgehead atoms. The van der Waals surface area contributed by atoms with E-state index in [0.29, 0.717) is 24.2 Å². The highest BCUT2D eigenvalue weighted by Gasteiger charge is 2.30. The zero-order valence-electron chi connectivity index (χ0n) is 23.3. The molecule has 0 fully saturated rings. The van der Waals surface area contributed by atoms with Crippen LogP contribution >= 0.6 is 0 Å². The molecule has 0 radical (unpaired) electrons. The Balaban J connectivity index is 1.84. The SMILES string of the molecule is CCNC(=O)C(Cc1ccccc1)N(Cc1ccc(F)cc1)C(=O)CCCN(c1ccc(CC)cc1)S(C)(=O)=O. The number of hydrogen-bond acceptors (Lipinski definition) is 4. The van der Waals surface area contributed by atoms with Gasteiger partial charge < -0.3 is 10.2 Å². The van der Waals surface area contributed by atoms with E-state index in [4.69, 9.17) is 0 Å². The Morgan fingerprint density at radius 1 is 0.875 bits per heavy atom. The number of anilines is 1. The molecule has 3 aromatic rings. The molecule has 9 heteroatoms. The third-order valence-electron chi connectivity index (χ3n) is 6.67. The van der Waals surface area contributed by atoms with E-state index in [1.165, 1.54) is 21.3 Å². The number of nitrogens with zero attached hydrogens (tertiary/aromatic N) is 2. The van der Waals surface area contributed by atoms with Crippen molar-refractivity contribution in [1.82, 2.24) is 10.2 Å². The molecule has 1 atom stereocenters. The van der Waals surface area contributed by atoms with Gasteiger partial charge in [-0.1, -0.05) is 61.5 Å². The Labute approximate surface area is 237 Å². The zero-order chi connectivity index (χ0) is 29.1. The van der Waals surface area contributed by atoms with Gasteiger partial charge in [0.25, 0.3) is 0 Å². The Bertz CT molecular complexity index is 1350. The Hall–Kier alpha value is -3.72. The molecule has 0 aliphatic rings. The fourth-order valence-electron chi connectivity index (χ4n) is 4.53. The molecule has 0 saturated carbocycles. The average molecular weight is 568 g/mol. The second-order valence-electron chi connectivity index (χ2n) is 9.71. The standard InChI is InChI=1S/C31H38FN3O4S/c1-4-24-15-19-28(20-16-24)35(40(3,38)39)21-9-12-30(36)34(23-26-13-17-27(32)18-14-26)29(31(37)33-5-2)22-25-10-7-6-8-11-25/h6-8,10-11,13-20,29H,4-5,9,12,21-23H2,1-3H3,(H,33,37). The molecule has 40 heavy (non-hydrogen) atoms. The molecule has 0 aliphatic carbocycles. The smallest absolute Gasteiger partial charge is 0.243 e. The number of likely N-dealkylation sites (N-methyl/N-ethyl adjacent to an activating group) is 1. The largest absolute Gasteiger partial charge is 0.355 e. The number of hydrogen-bond donors (Lipinski definition) is 1. The molecular weight excluding hydrogens is 529 g/mol. The van der Waals surface area contributed by atoms with Crippen molar-refractivity contribution < 1.29 is 22.4 Å². The van der Waals surface area contributed by atoms with E-state index >= 15 is 0 Å². The maximum atomic E-state index is 13.7. The van der Waals surface area contributed by atoms with Gasteiger partial charge in [0.05, 0.1) is 11.9 Å². The predicted molar refractivity (Wildman–Crippen MR) is 157 cm³/mol. The number of halogens is 1. The number of benzene rings is 3. The van der Waals surface area contributed by atoms with Gasteiger partial charge in [0.1, 0.15) is 11.9 Å². The maximum Gasteiger partial charge on any atom is 0.243 e. The average Bonchev–Trinajstić information content (AvgIpc) is 2.94. The van der Waals surface area contributed by atoms with E-state index < -0.39 is 16.1 Å². The van der Waals surface area contributed by atoms with Crippen molar-refractivity contribution >= 4 is 27.5 Å². The van der Waals surface area contributed by atoms with Gasteiger partial charge in [-0.15, -0.1) is 0 Å². The molecule has 0 aromatic heterocycles. The van der Waals surface area contributed by atoms with Gasteiger partial charge in [-0.3, -0.25) is 13.9 Å². The normalized spacial score (nSPS) is 12.0. The summed E-state index contributed by atoms with van der Waals surface area (Å²) in [6.45, 7) is 4.48. The maximum absolute atomic E-state index is 13.7. The van der Waals surface area contributed by atoms with E-state index in [1.807, 2.05) is 56.3 Å². The topological polar surface area (TPSA) is 86.8 Å². The molecule has 3 rings (SSSR count). The number of carbonyl (C=O) groups is 2. The van der Waals surface area contributed by atoms with Crippen molar-refractivity contribution in [3.63, 3.8) is 0 Å². The van der Waals surface area contributed by atoms with E-state index in [0.717, 1.165) is 23.8 Å². The minimum Gasteiger partial charge on any atom is -0.355 e. The number of carbonyl (C=O) groups excluding carboxylic acids is 2. The third-order valence-corrected chi connectivity index (χ3v) is 7.87. The van der Waals surface area contributed by atoms with Crippen LogP contribution in [0.1, 0.15) is 43.4 Å². The summed E-state index contributed by atoms with van der Waals surface area (Å²) in [5.41, 5.74) is 3.22. The highest BCUT2D eigenvalue weighted by Crippen LogP contribution is 2.21. The van der Waals surface area contributed by atoms with E-state index in [1.54, 1.807) is 24.3 Å². The van der Waals surface area contributed by atoms with Crippen molar-refractivity contribution in [2.24, 2.45) is 0 Å². The van der Waals surface area contributed by atoms with Crippen LogP contribution in [0.4, 0.5) is 10.1 Å². The minimum atomic E-state index is -3.58. The van der Waals surface area contributed by atoms with E-state index in [9.17, 15) is 22.4 Å². The Kier molecular flexibility index (Phi) is 11.3. The summed E-state index contributed by atoms with van der Waals surface area (Å²) in [5, 5.41) is 2.84. The summed E-state index contributed by atoms with van der Waals surface area (Å²) in [4.78, 5) is 28.5. The second kappa shape index (κ2) is 14.6. The number of sulfonamides is 1. The summed E-state index contributed by atoms with van der Waals surface area (Å²) in [7, 11) is -3.58. The van der Waals surface area contributed by atoms with Crippen LogP contribution in [0.2, 0.25) is 0 Å². The van der Waals surface area contributed by atoms with Crippen molar-refractivity contribution in [2.75, 3.05) is 23.7 Å². The van der Waals surface area contributed by atoms with Gasteiger partial charge in [-0.2, -0.15) is 0 Å². The lowest BCUT2D eigenvalue weighted by Crippen LogP contribution is -2.50. The minimum absolute atomic E-state index is 0.0327. The summed E-state index contributed by atoms with van der Waals surface area (Å²) >= 11 is 0. The van der Waals surface area contributed by atoms with Gasteiger partial charge in [0.15, 0.2) is 0 Å². The lowest BCUT2D eigenvalue weighted by molar-refractivity contribution is -0.141. The lowest BCUT2D eigenvalue weighted by atomic mass is 10.0. The van der Waals surface area contributed by atoms with Crippen molar-refractivity contribution in [3.05, 3.63) is 101 Å². The first-order valence-electron chi connectivity index (χ1n) is 13.5. The monoisotopic (exact) mass is 567 g/mol. The fourth-order valence-corrected chi connectivity index (χ4v) is 5.50. The van der Waals surface area contributed by atoms with E-state index in [-0.39, 0.29) is 43.6 Å². The van der Waals surface area contributed by atoms with E-state index in [2.05, 4.69) is 5.32 Å². The molecule has 214 valence electrons. The summed E-state index contributed by atoms with van der Waals surface area (Å²) in [5.74, 6) is -0.957. The molecule has 7 nitrogen and oxygen atoms in total. The van der Waals surface area contributed by atoms with Crippen LogP contribution in [0.3, 0.4) is 0 Å². The van der Waals surface area contributed by atoms with Crippen LogP contribution in [-0.2, 0) is 39.0 Å². The van der Waals surface area contributed by atoms with Crippen LogP contribution in [0.25, 0.3) is 0 Å². The van der Waals surface area contributed by atoms with Crippen molar-refractivity contribution in [1.29, 1.82) is 0 Å². The predicted octanol–water partition coefficient (Wildman–Crippen LogP) is 4.71. The number of aryl methyl sites for hydroxylation is 1. The van der Waals surface area contributed by atoms with Crippen LogP contribution in [-0.4, -0.2) is 50.5 Å². The Morgan fingerprint density at radius 3 is 2.08 bits per heavy atom. The second-order valence-corrected chi connectivity index (χ2v) is 11.6. The number of nitrogens with one attached hydrogen (secondary N) is 1. The first-order valence-corrected chi connectivity index (χ1v) is 15.4. The summed E-state index contributed by atoms with van der Waals surface area (Å²) in [6.07, 6.45) is 2.58. The van der Waals surface area contributed by atoms with Gasteiger partial charge in [-0.05, 0) is 60.7 Å². The van der Waals surface area contributed by atoms with Crippen molar-refractivity contribution in [3.8, 4) is 0 Å². The molecule has 3 aromatic carbocycles. The highest BCUT2D eigenvalue weighted by molar-refractivity contribution is 7.92. The molecule has 0 spiro atoms. The van der Waals surface area contributed by atoms with Crippen LogP contribution in [0.15, 0.2) is 78.9 Å². The molecule has 1 N–H and O–H groups in total. The first kappa shape index (κ1) is 30.8. The van der Waals surface area contributed by atoms with Gasteiger partial charge in [0, 0.05) is 32.5 Å². The molecule has 2 amide bonds. The lowest BCUT2D eigenvalue weighted by Gasteiger charge is -2.32. The van der Waals surface area contributed by atoms with Gasteiger partial charge in [0.2, 0.25) is 21.8 Å². The van der Waals surface area contributed by atoms with Crippen LogP contribution in [0, 0.1) is 5.82 Å².